The molecular formula is C14H16ClNS. The van der Waals surface area contributed by atoms with Crippen LogP contribution in [0.15, 0.2) is 24.3 Å². The second-order valence-electron chi connectivity index (χ2n) is 5.24. The van der Waals surface area contributed by atoms with Crippen LogP contribution in [0.2, 0.25) is 5.02 Å². The molecule has 90 valence electrons. The summed E-state index contributed by atoms with van der Waals surface area (Å²) in [6, 6.07) is 7.94. The number of benzene rings is 1. The highest BCUT2D eigenvalue weighted by atomic mass is 35.5. The lowest BCUT2D eigenvalue weighted by molar-refractivity contribution is 0.571. The van der Waals surface area contributed by atoms with E-state index in [2.05, 4.69) is 39.5 Å². The van der Waals surface area contributed by atoms with Gasteiger partial charge in [-0.25, -0.2) is 0 Å². The predicted molar refractivity (Wildman–Crippen MR) is 78.1 cm³/mol. The molecule has 0 radical (unpaired) electrons. The van der Waals surface area contributed by atoms with Gasteiger partial charge in [-0.2, -0.15) is 12.6 Å². The number of pyridine rings is 1. The number of fused-ring (bicyclic) bond motifs is 1. The summed E-state index contributed by atoms with van der Waals surface area (Å²) in [7, 11) is 0. The second kappa shape index (κ2) is 4.51. The van der Waals surface area contributed by atoms with Gasteiger partial charge in [0.2, 0.25) is 0 Å². The van der Waals surface area contributed by atoms with E-state index in [0.29, 0.717) is 5.75 Å². The van der Waals surface area contributed by atoms with E-state index in [1.807, 2.05) is 18.2 Å². The monoisotopic (exact) mass is 265 g/mol. The van der Waals surface area contributed by atoms with Crippen molar-refractivity contribution in [3.8, 4) is 0 Å². The summed E-state index contributed by atoms with van der Waals surface area (Å²) in [5.41, 5.74) is 3.32. The molecule has 0 bridgehead atoms. The van der Waals surface area contributed by atoms with Crippen molar-refractivity contribution in [1.82, 2.24) is 4.98 Å². The van der Waals surface area contributed by atoms with E-state index in [1.54, 1.807) is 0 Å². The van der Waals surface area contributed by atoms with Crippen LogP contribution in [0.5, 0.6) is 0 Å². The predicted octanol–water partition coefficient (Wildman–Crippen LogP) is 4.62. The molecule has 1 aromatic heterocycles. The third-order valence-corrected chi connectivity index (χ3v) is 3.37. The molecule has 0 unspecified atom stereocenters. The van der Waals surface area contributed by atoms with Crippen molar-refractivity contribution >= 4 is 35.1 Å². The Kier molecular flexibility index (Phi) is 3.37. The van der Waals surface area contributed by atoms with E-state index >= 15 is 0 Å². The fraction of sp³-hybridized carbons (Fsp3) is 0.357. The van der Waals surface area contributed by atoms with E-state index in [9.17, 15) is 0 Å². The summed E-state index contributed by atoms with van der Waals surface area (Å²) in [6.45, 7) is 6.50. The number of hydrogen-bond donors (Lipinski definition) is 1. The van der Waals surface area contributed by atoms with Gasteiger partial charge in [-0.3, -0.25) is 4.98 Å². The Balaban J connectivity index is 2.75. The molecule has 0 aliphatic carbocycles. The van der Waals surface area contributed by atoms with Crippen LogP contribution in [-0.4, -0.2) is 4.98 Å². The second-order valence-corrected chi connectivity index (χ2v) is 5.99. The van der Waals surface area contributed by atoms with Crippen LogP contribution in [0.3, 0.4) is 0 Å². The summed E-state index contributed by atoms with van der Waals surface area (Å²) in [5.74, 6) is 0.697. The van der Waals surface area contributed by atoms with Crippen LogP contribution in [0.25, 0.3) is 10.9 Å². The summed E-state index contributed by atoms with van der Waals surface area (Å²) in [6.07, 6.45) is 0. The van der Waals surface area contributed by atoms with Crippen LogP contribution in [0.1, 0.15) is 32.0 Å². The third kappa shape index (κ3) is 2.58. The summed E-state index contributed by atoms with van der Waals surface area (Å²) in [5, 5.41) is 1.84. The maximum absolute atomic E-state index is 6.02. The number of rotatable bonds is 1. The summed E-state index contributed by atoms with van der Waals surface area (Å²) < 4.78 is 0. The summed E-state index contributed by atoms with van der Waals surface area (Å²) >= 11 is 10.4. The third-order valence-electron chi connectivity index (χ3n) is 2.80. The van der Waals surface area contributed by atoms with Gasteiger partial charge in [0, 0.05) is 27.3 Å². The highest BCUT2D eigenvalue weighted by Crippen LogP contribution is 2.28. The fourth-order valence-corrected chi connectivity index (χ4v) is 2.22. The van der Waals surface area contributed by atoms with Gasteiger partial charge < -0.3 is 0 Å². The van der Waals surface area contributed by atoms with Crippen molar-refractivity contribution in [2.45, 2.75) is 31.9 Å². The number of thiol groups is 1. The molecule has 0 saturated carbocycles. The van der Waals surface area contributed by atoms with Crippen LogP contribution < -0.4 is 0 Å². The average Bonchev–Trinajstić information content (AvgIpc) is 2.26. The van der Waals surface area contributed by atoms with Crippen LogP contribution >= 0.6 is 24.2 Å². The lowest BCUT2D eigenvalue weighted by Crippen LogP contribution is -2.14. The van der Waals surface area contributed by atoms with Gasteiger partial charge in [0.05, 0.1) is 5.52 Å². The molecule has 3 heteroatoms. The minimum absolute atomic E-state index is 0.0471. The fourth-order valence-electron chi connectivity index (χ4n) is 1.78. The molecule has 0 aliphatic rings. The Hall–Kier alpha value is -0.730. The molecule has 0 N–H and O–H groups in total. The van der Waals surface area contributed by atoms with Crippen molar-refractivity contribution in [3.05, 3.63) is 40.5 Å². The first-order chi connectivity index (χ1) is 7.91. The average molecular weight is 266 g/mol. The minimum Gasteiger partial charge on any atom is -0.252 e. The van der Waals surface area contributed by atoms with E-state index < -0.39 is 0 Å². The standard InChI is InChI=1S/C14H16ClNS/c1-14(2,3)13-6-9(8-17)11-7-10(15)4-5-12(11)16-13/h4-7,17H,8H2,1-3H3. The number of halogens is 1. The quantitative estimate of drug-likeness (QED) is 0.743. The molecule has 0 aliphatic heterocycles. The van der Waals surface area contributed by atoms with Gasteiger partial charge in [-0.1, -0.05) is 32.4 Å². The van der Waals surface area contributed by atoms with E-state index in [4.69, 9.17) is 16.6 Å². The molecule has 0 amide bonds. The molecule has 1 aromatic carbocycles. The minimum atomic E-state index is 0.0471. The van der Waals surface area contributed by atoms with Gasteiger partial charge in [-0.05, 0) is 29.8 Å². The van der Waals surface area contributed by atoms with Gasteiger partial charge >= 0.3 is 0 Å². The number of nitrogens with zero attached hydrogens (tertiary/aromatic N) is 1. The smallest absolute Gasteiger partial charge is 0.0709 e. The van der Waals surface area contributed by atoms with Crippen LogP contribution in [-0.2, 0) is 11.2 Å². The van der Waals surface area contributed by atoms with Gasteiger partial charge in [0.1, 0.15) is 0 Å². The highest BCUT2D eigenvalue weighted by molar-refractivity contribution is 7.79. The zero-order chi connectivity index (χ0) is 12.6. The van der Waals surface area contributed by atoms with Crippen molar-refractivity contribution < 1.29 is 0 Å². The van der Waals surface area contributed by atoms with Crippen LogP contribution in [0.4, 0.5) is 0 Å². The molecule has 0 fully saturated rings. The lowest BCUT2D eigenvalue weighted by Gasteiger charge is -2.19. The van der Waals surface area contributed by atoms with E-state index in [-0.39, 0.29) is 5.41 Å². The normalized spacial score (nSPS) is 12.1. The Morgan fingerprint density at radius 3 is 2.53 bits per heavy atom. The molecular weight excluding hydrogens is 250 g/mol. The van der Waals surface area contributed by atoms with E-state index in [0.717, 1.165) is 21.6 Å². The van der Waals surface area contributed by atoms with Gasteiger partial charge in [0.25, 0.3) is 0 Å². The zero-order valence-electron chi connectivity index (χ0n) is 10.3. The maximum Gasteiger partial charge on any atom is 0.0709 e. The van der Waals surface area contributed by atoms with Gasteiger partial charge in [-0.15, -0.1) is 0 Å². The van der Waals surface area contributed by atoms with Gasteiger partial charge in [0.15, 0.2) is 0 Å². The number of hydrogen-bond acceptors (Lipinski definition) is 2. The molecule has 0 spiro atoms. The SMILES string of the molecule is CC(C)(C)c1cc(CS)c2cc(Cl)ccc2n1. The Morgan fingerprint density at radius 1 is 1.24 bits per heavy atom. The van der Waals surface area contributed by atoms with Crippen LogP contribution in [0, 0.1) is 0 Å². The first kappa shape index (κ1) is 12.7. The molecule has 2 rings (SSSR count). The topological polar surface area (TPSA) is 12.9 Å². The number of aromatic nitrogens is 1. The lowest BCUT2D eigenvalue weighted by atomic mass is 9.90. The van der Waals surface area contributed by atoms with Crippen molar-refractivity contribution in [3.63, 3.8) is 0 Å². The van der Waals surface area contributed by atoms with Crippen molar-refractivity contribution in [2.75, 3.05) is 0 Å². The Labute approximate surface area is 113 Å². The molecule has 1 heterocycles. The maximum atomic E-state index is 6.02. The van der Waals surface area contributed by atoms with E-state index in [1.165, 1.54) is 5.56 Å². The zero-order valence-corrected chi connectivity index (χ0v) is 11.9. The molecule has 1 nitrogen and oxygen atoms in total. The molecule has 2 aromatic rings. The Bertz CT molecular complexity index is 558. The first-order valence-electron chi connectivity index (χ1n) is 5.62. The molecule has 0 saturated heterocycles. The molecule has 17 heavy (non-hydrogen) atoms. The largest absolute Gasteiger partial charge is 0.252 e. The summed E-state index contributed by atoms with van der Waals surface area (Å²) in [4.78, 5) is 4.70. The molecule has 0 atom stereocenters. The first-order valence-corrected chi connectivity index (χ1v) is 6.63. The van der Waals surface area contributed by atoms with Crippen molar-refractivity contribution in [1.29, 1.82) is 0 Å². The van der Waals surface area contributed by atoms with Crippen molar-refractivity contribution in [2.24, 2.45) is 0 Å². The Morgan fingerprint density at radius 2 is 1.94 bits per heavy atom. The highest BCUT2D eigenvalue weighted by Gasteiger charge is 2.17.